The molecule has 1 atom stereocenters. The zero-order chi connectivity index (χ0) is 17.6. The molecule has 1 aromatic carbocycles. The van der Waals surface area contributed by atoms with Gasteiger partial charge in [-0.2, -0.15) is 0 Å². The highest BCUT2D eigenvalue weighted by atomic mass is 32.2. The van der Waals surface area contributed by atoms with Crippen LogP contribution < -0.4 is 10.0 Å². The van der Waals surface area contributed by atoms with Gasteiger partial charge in [0.05, 0.1) is 4.90 Å². The minimum atomic E-state index is -3.85. The third kappa shape index (κ3) is 5.95. The van der Waals surface area contributed by atoms with Gasteiger partial charge in [-0.3, -0.25) is 4.79 Å². The molecule has 128 valence electrons. The highest BCUT2D eigenvalue weighted by Crippen LogP contribution is 2.09. The van der Waals surface area contributed by atoms with E-state index in [0.717, 1.165) is 24.3 Å². The first-order chi connectivity index (χ1) is 10.6. The molecule has 0 bridgehead atoms. The molecule has 0 saturated carbocycles. The van der Waals surface area contributed by atoms with E-state index in [9.17, 15) is 22.4 Å². The molecule has 0 saturated heterocycles. The van der Waals surface area contributed by atoms with Crippen LogP contribution in [0.3, 0.4) is 0 Å². The average molecular weight is 346 g/mol. The normalized spacial score (nSPS) is 12.9. The monoisotopic (exact) mass is 346 g/mol. The molecule has 0 spiro atoms. The maximum atomic E-state index is 12.8. The Balaban J connectivity index is 2.54. The number of sulfonamides is 1. The Morgan fingerprint density at radius 1 is 1.22 bits per heavy atom. The summed E-state index contributed by atoms with van der Waals surface area (Å²) >= 11 is 0. The number of carboxylic acids is 1. The van der Waals surface area contributed by atoms with Crippen LogP contribution in [-0.2, 0) is 19.6 Å². The lowest BCUT2D eigenvalue weighted by Gasteiger charge is -2.17. The maximum absolute atomic E-state index is 12.8. The minimum Gasteiger partial charge on any atom is -0.480 e. The van der Waals surface area contributed by atoms with E-state index in [1.807, 2.05) is 0 Å². The van der Waals surface area contributed by atoms with Gasteiger partial charge in [-0.25, -0.2) is 22.3 Å². The van der Waals surface area contributed by atoms with E-state index < -0.39 is 33.8 Å². The number of aliphatic carboxylic acids is 1. The average Bonchev–Trinajstić information content (AvgIpc) is 2.44. The first kappa shape index (κ1) is 19.0. The Bertz CT molecular complexity index is 658. The molecule has 0 fully saturated rings. The van der Waals surface area contributed by atoms with Crippen molar-refractivity contribution in [2.75, 3.05) is 6.54 Å². The summed E-state index contributed by atoms with van der Waals surface area (Å²) in [5.41, 5.74) is 0. The smallest absolute Gasteiger partial charge is 0.326 e. The Morgan fingerprint density at radius 3 is 2.26 bits per heavy atom. The quantitative estimate of drug-likeness (QED) is 0.642. The standard InChI is InChI=1S/C14H19FN2O5S/c1-9(2)13(14(19)20)17-12(18)7-8-16-23(21,22)11-5-3-10(15)4-6-11/h3-6,9,13,16H,7-8H2,1-2H3,(H,17,18)(H,19,20)/t13-/m0/s1. The van der Waals surface area contributed by atoms with Gasteiger partial charge in [0.25, 0.3) is 0 Å². The summed E-state index contributed by atoms with van der Waals surface area (Å²) in [5, 5.41) is 11.3. The second kappa shape index (κ2) is 8.02. The summed E-state index contributed by atoms with van der Waals surface area (Å²) in [5.74, 6) is -2.59. The van der Waals surface area contributed by atoms with Gasteiger partial charge in [0.15, 0.2) is 0 Å². The van der Waals surface area contributed by atoms with Crippen molar-refractivity contribution < 1.29 is 27.5 Å². The SMILES string of the molecule is CC(C)[C@H](NC(=O)CCNS(=O)(=O)c1ccc(F)cc1)C(=O)O. The van der Waals surface area contributed by atoms with Gasteiger partial charge in [0.2, 0.25) is 15.9 Å². The van der Waals surface area contributed by atoms with Gasteiger partial charge >= 0.3 is 5.97 Å². The van der Waals surface area contributed by atoms with Gasteiger partial charge in [-0.1, -0.05) is 13.8 Å². The fourth-order valence-electron chi connectivity index (χ4n) is 1.76. The Morgan fingerprint density at radius 2 is 1.78 bits per heavy atom. The summed E-state index contributed by atoms with van der Waals surface area (Å²) in [6.07, 6.45) is -0.211. The molecule has 0 radical (unpaired) electrons. The Hall–Kier alpha value is -2.00. The van der Waals surface area contributed by atoms with Crippen LogP contribution in [0.2, 0.25) is 0 Å². The number of rotatable bonds is 8. The maximum Gasteiger partial charge on any atom is 0.326 e. The number of carboxylic acid groups (broad SMARTS) is 1. The first-order valence-corrected chi connectivity index (χ1v) is 8.39. The van der Waals surface area contributed by atoms with Crippen LogP contribution in [0.15, 0.2) is 29.2 Å². The molecule has 0 heterocycles. The molecule has 3 N–H and O–H groups in total. The number of carbonyl (C=O) groups excluding carboxylic acids is 1. The van der Waals surface area contributed by atoms with E-state index in [0.29, 0.717) is 0 Å². The predicted molar refractivity (Wildman–Crippen MR) is 80.6 cm³/mol. The van der Waals surface area contributed by atoms with Crippen LogP contribution >= 0.6 is 0 Å². The third-order valence-electron chi connectivity index (χ3n) is 3.02. The van der Waals surface area contributed by atoms with E-state index in [1.165, 1.54) is 0 Å². The zero-order valence-electron chi connectivity index (χ0n) is 12.7. The number of nitrogens with one attached hydrogen (secondary N) is 2. The van der Waals surface area contributed by atoms with Gasteiger partial charge in [0.1, 0.15) is 11.9 Å². The summed E-state index contributed by atoms with van der Waals surface area (Å²) in [7, 11) is -3.85. The number of carbonyl (C=O) groups is 2. The third-order valence-corrected chi connectivity index (χ3v) is 4.49. The number of hydrogen-bond acceptors (Lipinski definition) is 4. The second-order valence-corrected chi connectivity index (χ2v) is 7.00. The molecule has 1 rings (SSSR count). The molecule has 23 heavy (non-hydrogen) atoms. The van der Waals surface area contributed by atoms with E-state index in [4.69, 9.17) is 5.11 Å². The highest BCUT2D eigenvalue weighted by molar-refractivity contribution is 7.89. The highest BCUT2D eigenvalue weighted by Gasteiger charge is 2.23. The van der Waals surface area contributed by atoms with Crippen molar-refractivity contribution in [3.05, 3.63) is 30.1 Å². The lowest BCUT2D eigenvalue weighted by molar-refractivity contribution is -0.143. The molecular formula is C14H19FN2O5S. The lowest BCUT2D eigenvalue weighted by atomic mass is 10.0. The molecule has 0 aromatic heterocycles. The molecule has 0 unspecified atom stereocenters. The van der Waals surface area contributed by atoms with Gasteiger partial charge in [-0.15, -0.1) is 0 Å². The fraction of sp³-hybridized carbons (Fsp3) is 0.429. The van der Waals surface area contributed by atoms with Crippen molar-refractivity contribution >= 4 is 21.9 Å². The Labute approximate surface area is 133 Å². The fourth-order valence-corrected chi connectivity index (χ4v) is 2.79. The molecule has 1 aromatic rings. The van der Waals surface area contributed by atoms with Crippen molar-refractivity contribution in [3.63, 3.8) is 0 Å². The van der Waals surface area contributed by atoms with E-state index in [2.05, 4.69) is 10.0 Å². The van der Waals surface area contributed by atoms with E-state index in [-0.39, 0.29) is 23.8 Å². The van der Waals surface area contributed by atoms with E-state index >= 15 is 0 Å². The van der Waals surface area contributed by atoms with Crippen molar-refractivity contribution in [3.8, 4) is 0 Å². The van der Waals surface area contributed by atoms with Gasteiger partial charge in [-0.05, 0) is 30.2 Å². The number of benzene rings is 1. The van der Waals surface area contributed by atoms with E-state index in [1.54, 1.807) is 13.8 Å². The lowest BCUT2D eigenvalue weighted by Crippen LogP contribution is -2.45. The Kier molecular flexibility index (Phi) is 6.64. The molecule has 0 aliphatic carbocycles. The van der Waals surface area contributed by atoms with Crippen LogP contribution in [0.25, 0.3) is 0 Å². The number of amides is 1. The largest absolute Gasteiger partial charge is 0.480 e. The summed E-state index contributed by atoms with van der Waals surface area (Å²) < 4.78 is 38.8. The number of halogens is 1. The number of hydrogen-bond donors (Lipinski definition) is 3. The van der Waals surface area contributed by atoms with Crippen molar-refractivity contribution in [1.82, 2.24) is 10.0 Å². The molecule has 0 aliphatic heterocycles. The van der Waals surface area contributed by atoms with Crippen LogP contribution in [0.1, 0.15) is 20.3 Å². The van der Waals surface area contributed by atoms with Crippen molar-refractivity contribution in [2.45, 2.75) is 31.2 Å². The second-order valence-electron chi connectivity index (χ2n) is 5.23. The van der Waals surface area contributed by atoms with Crippen LogP contribution in [-0.4, -0.2) is 38.0 Å². The summed E-state index contributed by atoms with van der Waals surface area (Å²) in [4.78, 5) is 22.5. The molecule has 9 heteroatoms. The van der Waals surface area contributed by atoms with Gasteiger partial charge in [0, 0.05) is 13.0 Å². The van der Waals surface area contributed by atoms with Crippen molar-refractivity contribution in [1.29, 1.82) is 0 Å². The van der Waals surface area contributed by atoms with Crippen molar-refractivity contribution in [2.24, 2.45) is 5.92 Å². The zero-order valence-corrected chi connectivity index (χ0v) is 13.6. The van der Waals surface area contributed by atoms with Crippen LogP contribution in [0.5, 0.6) is 0 Å². The molecule has 1 amide bonds. The molecular weight excluding hydrogens is 327 g/mol. The summed E-state index contributed by atoms with van der Waals surface area (Å²) in [6, 6.07) is 3.22. The summed E-state index contributed by atoms with van der Waals surface area (Å²) in [6.45, 7) is 3.10. The topological polar surface area (TPSA) is 113 Å². The van der Waals surface area contributed by atoms with Crippen LogP contribution in [0.4, 0.5) is 4.39 Å². The molecule has 0 aliphatic rings. The molecule has 7 nitrogen and oxygen atoms in total. The van der Waals surface area contributed by atoms with Crippen LogP contribution in [0, 0.1) is 11.7 Å². The predicted octanol–water partition coefficient (Wildman–Crippen LogP) is 0.719. The van der Waals surface area contributed by atoms with Gasteiger partial charge < -0.3 is 10.4 Å². The first-order valence-electron chi connectivity index (χ1n) is 6.91. The minimum absolute atomic E-state index is 0.120.